The topological polar surface area (TPSA) is 89.0 Å². The number of amides is 1. The number of anilines is 2. The maximum atomic E-state index is 12.7. The number of benzene rings is 2. The van der Waals surface area contributed by atoms with Crippen LogP contribution in [0.1, 0.15) is 16.1 Å². The highest BCUT2D eigenvalue weighted by Gasteiger charge is 2.12. The molecule has 0 saturated heterocycles. The van der Waals surface area contributed by atoms with Crippen molar-refractivity contribution >= 4 is 28.3 Å². The van der Waals surface area contributed by atoms with E-state index in [1.165, 1.54) is 6.33 Å². The molecule has 4 aromatic rings. The van der Waals surface area contributed by atoms with E-state index in [-0.39, 0.29) is 11.6 Å². The predicted molar refractivity (Wildman–Crippen MR) is 112 cm³/mol. The first-order chi connectivity index (χ1) is 14.2. The van der Waals surface area contributed by atoms with Crippen LogP contribution in [-0.2, 0) is 6.54 Å². The molecule has 0 radical (unpaired) electrons. The smallest absolute Gasteiger partial charge is 0.274 e. The molecule has 7 heteroatoms. The van der Waals surface area contributed by atoms with Crippen molar-refractivity contribution in [2.45, 2.75) is 6.54 Å². The molecular weight excluding hydrogens is 366 g/mol. The largest absolute Gasteiger partial charge is 0.496 e. The van der Waals surface area contributed by atoms with Crippen molar-refractivity contribution in [3.05, 3.63) is 84.4 Å². The van der Waals surface area contributed by atoms with Gasteiger partial charge in [-0.1, -0.05) is 36.4 Å². The average molecular weight is 385 g/mol. The number of nitrogens with zero attached hydrogens (tertiary/aromatic N) is 3. The summed E-state index contributed by atoms with van der Waals surface area (Å²) in [5.74, 6) is 1.01. The van der Waals surface area contributed by atoms with Crippen LogP contribution in [0.25, 0.3) is 10.9 Å². The molecular formula is C22H19N5O2. The molecule has 7 nitrogen and oxygen atoms in total. The zero-order valence-electron chi connectivity index (χ0n) is 15.8. The molecule has 0 atom stereocenters. The molecule has 0 spiro atoms. The normalized spacial score (nSPS) is 10.5. The Morgan fingerprint density at radius 2 is 1.86 bits per heavy atom. The van der Waals surface area contributed by atoms with Gasteiger partial charge in [0.05, 0.1) is 18.3 Å². The minimum absolute atomic E-state index is 0.260. The van der Waals surface area contributed by atoms with Crippen LogP contribution in [0.2, 0.25) is 0 Å². The summed E-state index contributed by atoms with van der Waals surface area (Å²) in [6.07, 6.45) is 3.06. The van der Waals surface area contributed by atoms with Crippen molar-refractivity contribution in [2.75, 3.05) is 17.7 Å². The monoisotopic (exact) mass is 385 g/mol. The lowest BCUT2D eigenvalue weighted by molar-refractivity contribution is 0.102. The van der Waals surface area contributed by atoms with Gasteiger partial charge in [0.15, 0.2) is 0 Å². The van der Waals surface area contributed by atoms with Gasteiger partial charge in [0.2, 0.25) is 0 Å². The van der Waals surface area contributed by atoms with Crippen LogP contribution < -0.4 is 15.4 Å². The number of fused-ring (bicyclic) bond motifs is 1. The summed E-state index contributed by atoms with van der Waals surface area (Å²) in [7, 11) is 1.63. The standard InChI is InChI=1S/C22H19N5O2/c1-29-19-10-3-2-6-16(19)13-24-20-12-18(25-14-26-20)22(28)27-17-9-4-7-15-8-5-11-23-21(15)17/h2-12,14H,13H2,1H3,(H,27,28)(H,24,25,26). The van der Waals surface area contributed by atoms with E-state index >= 15 is 0 Å². The van der Waals surface area contributed by atoms with Crippen molar-refractivity contribution in [1.29, 1.82) is 0 Å². The summed E-state index contributed by atoms with van der Waals surface area (Å²) in [5, 5.41) is 7.03. The molecule has 1 amide bonds. The molecule has 144 valence electrons. The molecule has 2 N–H and O–H groups in total. The summed E-state index contributed by atoms with van der Waals surface area (Å²) < 4.78 is 5.35. The van der Waals surface area contributed by atoms with E-state index in [1.807, 2.05) is 54.6 Å². The Labute approximate surface area is 167 Å². The van der Waals surface area contributed by atoms with Crippen molar-refractivity contribution in [2.24, 2.45) is 0 Å². The van der Waals surface area contributed by atoms with Crippen molar-refractivity contribution in [1.82, 2.24) is 15.0 Å². The zero-order valence-corrected chi connectivity index (χ0v) is 15.8. The Balaban J connectivity index is 1.50. The summed E-state index contributed by atoms with van der Waals surface area (Å²) in [4.78, 5) is 25.4. The van der Waals surface area contributed by atoms with Gasteiger partial charge in [-0.25, -0.2) is 9.97 Å². The van der Waals surface area contributed by atoms with Gasteiger partial charge < -0.3 is 15.4 Å². The highest BCUT2D eigenvalue weighted by Crippen LogP contribution is 2.22. The van der Waals surface area contributed by atoms with Gasteiger partial charge >= 0.3 is 0 Å². The second-order valence-corrected chi connectivity index (χ2v) is 6.29. The first kappa shape index (κ1) is 18.4. The van der Waals surface area contributed by atoms with E-state index in [0.29, 0.717) is 18.1 Å². The Morgan fingerprint density at radius 1 is 1.00 bits per heavy atom. The van der Waals surface area contributed by atoms with Crippen LogP contribution in [0.15, 0.2) is 73.2 Å². The third-order valence-corrected chi connectivity index (χ3v) is 4.43. The fourth-order valence-corrected chi connectivity index (χ4v) is 3.00. The van der Waals surface area contributed by atoms with Crippen LogP contribution in [0.3, 0.4) is 0 Å². The molecule has 0 bridgehead atoms. The molecule has 4 rings (SSSR count). The number of para-hydroxylation sites is 2. The van der Waals surface area contributed by atoms with Crippen LogP contribution in [0, 0.1) is 0 Å². The maximum Gasteiger partial charge on any atom is 0.274 e. The number of carbonyl (C=O) groups is 1. The summed E-state index contributed by atoms with van der Waals surface area (Å²) in [5.41, 5.74) is 2.61. The number of aromatic nitrogens is 3. The summed E-state index contributed by atoms with van der Waals surface area (Å²) in [6, 6.07) is 18.8. The molecule has 29 heavy (non-hydrogen) atoms. The number of hydrogen-bond acceptors (Lipinski definition) is 6. The number of carbonyl (C=O) groups excluding carboxylic acids is 1. The number of hydrogen-bond donors (Lipinski definition) is 2. The molecule has 2 aromatic carbocycles. The van der Waals surface area contributed by atoms with E-state index in [1.54, 1.807) is 19.4 Å². The zero-order chi connectivity index (χ0) is 20.1. The Hall–Kier alpha value is -4.00. The first-order valence-corrected chi connectivity index (χ1v) is 9.07. The lowest BCUT2D eigenvalue weighted by atomic mass is 10.2. The lowest BCUT2D eigenvalue weighted by Gasteiger charge is -2.11. The number of rotatable bonds is 6. The molecule has 0 aliphatic heterocycles. The quantitative estimate of drug-likeness (QED) is 0.523. The van der Waals surface area contributed by atoms with Gasteiger partial charge in [0.1, 0.15) is 23.6 Å². The van der Waals surface area contributed by atoms with Gasteiger partial charge in [-0.2, -0.15) is 0 Å². The molecule has 2 heterocycles. The van der Waals surface area contributed by atoms with Crippen molar-refractivity contribution in [3.63, 3.8) is 0 Å². The average Bonchev–Trinajstić information content (AvgIpc) is 2.78. The van der Waals surface area contributed by atoms with Crippen LogP contribution in [0.5, 0.6) is 5.75 Å². The van der Waals surface area contributed by atoms with E-state index in [0.717, 1.165) is 22.2 Å². The SMILES string of the molecule is COc1ccccc1CNc1cc(C(=O)Nc2cccc3cccnc23)ncn1. The van der Waals surface area contributed by atoms with Crippen molar-refractivity contribution in [3.8, 4) is 5.75 Å². The molecule has 0 saturated carbocycles. The fourth-order valence-electron chi connectivity index (χ4n) is 3.00. The minimum Gasteiger partial charge on any atom is -0.496 e. The molecule has 2 aromatic heterocycles. The highest BCUT2D eigenvalue weighted by atomic mass is 16.5. The Morgan fingerprint density at radius 3 is 2.76 bits per heavy atom. The van der Waals surface area contributed by atoms with Crippen molar-refractivity contribution < 1.29 is 9.53 Å². The minimum atomic E-state index is -0.328. The summed E-state index contributed by atoms with van der Waals surface area (Å²) in [6.45, 7) is 0.509. The third-order valence-electron chi connectivity index (χ3n) is 4.43. The summed E-state index contributed by atoms with van der Waals surface area (Å²) >= 11 is 0. The Kier molecular flexibility index (Phi) is 5.29. The highest BCUT2D eigenvalue weighted by molar-refractivity contribution is 6.07. The van der Waals surface area contributed by atoms with E-state index in [4.69, 9.17) is 4.74 Å². The first-order valence-electron chi connectivity index (χ1n) is 9.07. The van der Waals surface area contributed by atoms with Gasteiger partial charge in [-0.3, -0.25) is 9.78 Å². The van der Waals surface area contributed by atoms with Gasteiger partial charge in [0, 0.05) is 29.8 Å². The van der Waals surface area contributed by atoms with E-state index < -0.39 is 0 Å². The Bertz CT molecular complexity index is 1160. The van der Waals surface area contributed by atoms with E-state index in [2.05, 4.69) is 25.6 Å². The number of methoxy groups -OCH3 is 1. The molecule has 0 aliphatic carbocycles. The fraction of sp³-hybridized carbons (Fsp3) is 0.0909. The number of ether oxygens (including phenoxy) is 1. The molecule has 0 aliphatic rings. The van der Waals surface area contributed by atoms with E-state index in [9.17, 15) is 4.79 Å². The lowest BCUT2D eigenvalue weighted by Crippen LogP contribution is -2.15. The predicted octanol–water partition coefficient (Wildman–Crippen LogP) is 3.90. The molecule has 0 fully saturated rings. The van der Waals surface area contributed by atoms with Crippen LogP contribution >= 0.6 is 0 Å². The van der Waals surface area contributed by atoms with Crippen LogP contribution in [-0.4, -0.2) is 28.0 Å². The molecule has 0 unspecified atom stereocenters. The van der Waals surface area contributed by atoms with Gasteiger partial charge in [0.25, 0.3) is 5.91 Å². The second kappa shape index (κ2) is 8.35. The number of nitrogens with one attached hydrogen (secondary N) is 2. The maximum absolute atomic E-state index is 12.7. The van der Waals surface area contributed by atoms with Gasteiger partial charge in [-0.15, -0.1) is 0 Å². The third kappa shape index (κ3) is 4.14. The van der Waals surface area contributed by atoms with Gasteiger partial charge in [-0.05, 0) is 18.2 Å². The second-order valence-electron chi connectivity index (χ2n) is 6.29. The van der Waals surface area contributed by atoms with Crippen LogP contribution in [0.4, 0.5) is 11.5 Å². The number of pyridine rings is 1.